The molecule has 0 atom stereocenters. The maximum atomic E-state index is 14.0. The van der Waals surface area contributed by atoms with Gasteiger partial charge in [0.2, 0.25) is 0 Å². The fourth-order valence-corrected chi connectivity index (χ4v) is 5.39. The van der Waals surface area contributed by atoms with Gasteiger partial charge in [0, 0.05) is 32.8 Å². The predicted molar refractivity (Wildman–Crippen MR) is 156 cm³/mol. The zero-order valence-electron chi connectivity index (χ0n) is 21.3. The van der Waals surface area contributed by atoms with Gasteiger partial charge in [0.25, 0.3) is 11.5 Å². The number of aromatic nitrogens is 4. The molecule has 0 amide bonds. The SMILES string of the molecule is Cc1ccc2[nH]c3c(c2c1)c1ccccc1c(=O)n3CC(=O)n1nc(-c2ccccc2)cc1-c1ccccc1. The van der Waals surface area contributed by atoms with Crippen molar-refractivity contribution in [1.29, 1.82) is 0 Å². The van der Waals surface area contributed by atoms with Crippen LogP contribution in [0, 0.1) is 6.92 Å². The number of carbonyl (C=O) groups is 1. The summed E-state index contributed by atoms with van der Waals surface area (Å²) in [6.45, 7) is 1.88. The first-order valence-electron chi connectivity index (χ1n) is 12.9. The minimum absolute atomic E-state index is 0.165. The number of hydrogen-bond acceptors (Lipinski definition) is 3. The molecule has 0 bridgehead atoms. The lowest BCUT2D eigenvalue weighted by Crippen LogP contribution is -2.28. The van der Waals surface area contributed by atoms with Gasteiger partial charge in [0.1, 0.15) is 12.2 Å². The Hall–Kier alpha value is -5.23. The van der Waals surface area contributed by atoms with Crippen LogP contribution < -0.4 is 5.56 Å². The Morgan fingerprint density at radius 1 is 0.769 bits per heavy atom. The largest absolute Gasteiger partial charge is 0.340 e. The number of fused-ring (bicyclic) bond motifs is 5. The molecule has 6 nitrogen and oxygen atoms in total. The molecular formula is C33H24N4O2. The highest BCUT2D eigenvalue weighted by Crippen LogP contribution is 2.32. The molecule has 0 radical (unpaired) electrons. The van der Waals surface area contributed by atoms with Crippen LogP contribution in [0.1, 0.15) is 10.4 Å². The van der Waals surface area contributed by atoms with Crippen molar-refractivity contribution >= 4 is 38.6 Å². The predicted octanol–water partition coefficient (Wildman–Crippen LogP) is 6.82. The van der Waals surface area contributed by atoms with Crippen molar-refractivity contribution in [1.82, 2.24) is 19.3 Å². The average Bonchev–Trinajstić information content (AvgIpc) is 3.59. The molecule has 0 unspecified atom stereocenters. The summed E-state index contributed by atoms with van der Waals surface area (Å²) in [5.41, 5.74) is 5.62. The van der Waals surface area contributed by atoms with Crippen LogP contribution in [0.5, 0.6) is 0 Å². The van der Waals surface area contributed by atoms with Gasteiger partial charge in [-0.1, -0.05) is 90.5 Å². The van der Waals surface area contributed by atoms with E-state index >= 15 is 0 Å². The highest BCUT2D eigenvalue weighted by molar-refractivity contribution is 6.19. The minimum Gasteiger partial charge on any atom is -0.340 e. The summed E-state index contributed by atoms with van der Waals surface area (Å²) in [6, 6.07) is 35.2. The normalized spacial score (nSPS) is 11.5. The number of H-pyrrole nitrogens is 1. The number of aryl methyl sites for hydroxylation is 1. The molecule has 4 aromatic carbocycles. The van der Waals surface area contributed by atoms with E-state index in [1.54, 1.807) is 4.57 Å². The molecule has 0 spiro atoms. The van der Waals surface area contributed by atoms with Crippen molar-refractivity contribution in [2.75, 3.05) is 0 Å². The third-order valence-electron chi connectivity index (χ3n) is 7.25. The van der Waals surface area contributed by atoms with Crippen LogP contribution in [-0.2, 0) is 6.54 Å². The Labute approximate surface area is 223 Å². The second-order valence-electron chi connectivity index (χ2n) is 9.79. The van der Waals surface area contributed by atoms with Crippen LogP contribution in [0.25, 0.3) is 55.2 Å². The van der Waals surface area contributed by atoms with Gasteiger partial charge >= 0.3 is 0 Å². The molecular weight excluding hydrogens is 484 g/mol. The van der Waals surface area contributed by atoms with Gasteiger partial charge in [-0.2, -0.15) is 9.78 Å². The number of nitrogens with one attached hydrogen (secondary N) is 1. The Kier molecular flexibility index (Phi) is 5.27. The number of carbonyl (C=O) groups excluding carboxylic acids is 1. The van der Waals surface area contributed by atoms with Crippen LogP contribution in [-0.4, -0.2) is 25.2 Å². The molecule has 6 heteroatoms. The van der Waals surface area contributed by atoms with E-state index < -0.39 is 0 Å². The zero-order chi connectivity index (χ0) is 26.5. The minimum atomic E-state index is -0.301. The number of nitrogens with zero attached hydrogens (tertiary/aromatic N) is 3. The molecule has 0 saturated carbocycles. The summed E-state index contributed by atoms with van der Waals surface area (Å²) in [7, 11) is 0. The Bertz CT molecular complexity index is 2080. The summed E-state index contributed by atoms with van der Waals surface area (Å²) in [6.07, 6.45) is 0. The van der Waals surface area contributed by atoms with Crippen LogP contribution in [0.4, 0.5) is 0 Å². The van der Waals surface area contributed by atoms with Gasteiger partial charge in [-0.05, 0) is 36.6 Å². The molecule has 0 aliphatic heterocycles. The highest BCUT2D eigenvalue weighted by atomic mass is 16.2. The maximum Gasteiger partial charge on any atom is 0.267 e. The first-order chi connectivity index (χ1) is 19.1. The van der Waals surface area contributed by atoms with Crippen molar-refractivity contribution in [2.24, 2.45) is 0 Å². The number of aromatic amines is 1. The van der Waals surface area contributed by atoms with Crippen molar-refractivity contribution < 1.29 is 4.79 Å². The molecule has 39 heavy (non-hydrogen) atoms. The molecule has 0 saturated heterocycles. The Balaban J connectivity index is 1.43. The van der Waals surface area contributed by atoms with E-state index in [4.69, 9.17) is 5.10 Å². The van der Waals surface area contributed by atoms with Gasteiger partial charge in [-0.25, -0.2) is 0 Å². The molecule has 0 aliphatic carbocycles. The standard InChI is InChI=1S/C33H24N4O2/c1-21-16-17-27-26(18-21)31-24-14-8-9-15-25(24)33(39)36(32(31)34-27)20-30(38)37-29(23-12-6-3-7-13-23)19-28(35-37)22-10-4-2-5-11-22/h2-19,34H,20H2,1H3. The van der Waals surface area contributed by atoms with Gasteiger partial charge in [0.05, 0.1) is 11.4 Å². The fraction of sp³-hybridized carbons (Fsp3) is 0.0606. The molecule has 3 aromatic heterocycles. The van der Waals surface area contributed by atoms with Crippen molar-refractivity contribution in [3.8, 4) is 22.5 Å². The first-order valence-corrected chi connectivity index (χ1v) is 12.9. The van der Waals surface area contributed by atoms with Gasteiger partial charge in [-0.15, -0.1) is 0 Å². The lowest BCUT2D eigenvalue weighted by molar-refractivity contribution is 0.0878. The molecule has 7 aromatic rings. The van der Waals surface area contributed by atoms with E-state index in [1.807, 2.05) is 110 Å². The molecule has 7 rings (SSSR count). The van der Waals surface area contributed by atoms with E-state index in [2.05, 4.69) is 11.1 Å². The van der Waals surface area contributed by atoms with Crippen molar-refractivity contribution in [2.45, 2.75) is 13.5 Å². The maximum absolute atomic E-state index is 14.0. The summed E-state index contributed by atoms with van der Waals surface area (Å²) >= 11 is 0. The van der Waals surface area contributed by atoms with E-state index in [0.29, 0.717) is 22.4 Å². The molecule has 3 heterocycles. The Morgan fingerprint density at radius 2 is 1.44 bits per heavy atom. The van der Waals surface area contributed by atoms with E-state index in [0.717, 1.165) is 38.4 Å². The summed E-state index contributed by atoms with van der Waals surface area (Å²) in [4.78, 5) is 31.2. The van der Waals surface area contributed by atoms with Crippen molar-refractivity contribution in [3.05, 3.63) is 125 Å². The first kappa shape index (κ1) is 22.9. The van der Waals surface area contributed by atoms with Gasteiger partial charge in [0.15, 0.2) is 0 Å². The molecule has 188 valence electrons. The number of pyridine rings is 1. The monoisotopic (exact) mass is 508 g/mol. The highest BCUT2D eigenvalue weighted by Gasteiger charge is 2.21. The smallest absolute Gasteiger partial charge is 0.267 e. The number of rotatable bonds is 4. The molecule has 0 aliphatic rings. The second-order valence-corrected chi connectivity index (χ2v) is 9.79. The van der Waals surface area contributed by atoms with Crippen LogP contribution in [0.15, 0.2) is 114 Å². The van der Waals surface area contributed by atoms with Gasteiger partial charge in [-0.3, -0.25) is 14.2 Å². The van der Waals surface area contributed by atoms with Crippen LogP contribution in [0.3, 0.4) is 0 Å². The summed E-state index contributed by atoms with van der Waals surface area (Å²) < 4.78 is 2.98. The zero-order valence-corrected chi connectivity index (χ0v) is 21.3. The average molecular weight is 509 g/mol. The van der Waals surface area contributed by atoms with E-state index in [1.165, 1.54) is 4.68 Å². The summed E-state index contributed by atoms with van der Waals surface area (Å²) in [5, 5.41) is 8.13. The van der Waals surface area contributed by atoms with Gasteiger partial charge < -0.3 is 4.98 Å². The van der Waals surface area contributed by atoms with E-state index in [9.17, 15) is 9.59 Å². The van der Waals surface area contributed by atoms with E-state index in [-0.39, 0.29) is 18.0 Å². The van der Waals surface area contributed by atoms with Crippen LogP contribution in [0.2, 0.25) is 0 Å². The second kappa shape index (κ2) is 8.96. The Morgan fingerprint density at radius 3 is 2.18 bits per heavy atom. The van der Waals surface area contributed by atoms with Crippen LogP contribution >= 0.6 is 0 Å². The fourth-order valence-electron chi connectivity index (χ4n) is 5.39. The lowest BCUT2D eigenvalue weighted by Gasteiger charge is -2.11. The number of hydrogen-bond donors (Lipinski definition) is 1. The number of benzene rings is 4. The quantitative estimate of drug-likeness (QED) is 0.284. The summed E-state index contributed by atoms with van der Waals surface area (Å²) in [5.74, 6) is -0.301. The topological polar surface area (TPSA) is 72.7 Å². The molecule has 0 fully saturated rings. The third-order valence-corrected chi connectivity index (χ3v) is 7.25. The van der Waals surface area contributed by atoms with Crippen molar-refractivity contribution in [3.63, 3.8) is 0 Å². The lowest BCUT2D eigenvalue weighted by atomic mass is 10.1. The molecule has 1 N–H and O–H groups in total. The third kappa shape index (κ3) is 3.77.